The molecule has 1 atom stereocenters. The average molecular weight is 253 g/mol. The van der Waals surface area contributed by atoms with Gasteiger partial charge in [-0.2, -0.15) is 0 Å². The fourth-order valence-corrected chi connectivity index (χ4v) is 2.31. The molecule has 2 aromatic rings. The lowest BCUT2D eigenvalue weighted by Crippen LogP contribution is -2.39. The topological polar surface area (TPSA) is 29.5 Å². The molecule has 0 saturated heterocycles. The normalized spacial score (nSPS) is 16.6. The van der Waals surface area contributed by atoms with Crippen molar-refractivity contribution >= 4 is 11.6 Å². The summed E-state index contributed by atoms with van der Waals surface area (Å²) in [6.45, 7) is 0. The Balaban J connectivity index is 1.77. The summed E-state index contributed by atoms with van der Waals surface area (Å²) in [6, 6.07) is 17.4. The molecule has 0 spiro atoms. The molecule has 96 valence electrons. The van der Waals surface area contributed by atoms with E-state index < -0.39 is 6.10 Å². The molecular weight excluding hydrogens is 238 g/mol. The van der Waals surface area contributed by atoms with Crippen LogP contribution in [0, 0.1) is 0 Å². The van der Waals surface area contributed by atoms with Gasteiger partial charge in [0.25, 0.3) is 5.91 Å². The summed E-state index contributed by atoms with van der Waals surface area (Å²) in [5.41, 5.74) is 1.98. The van der Waals surface area contributed by atoms with Gasteiger partial charge in [-0.05, 0) is 23.8 Å². The number of anilines is 1. The molecule has 1 aliphatic heterocycles. The number of amides is 1. The SMILES string of the molecule is CN(C(=O)[C@@H]1Cc2ccccc2O1)c1ccccc1. The molecular formula is C16H15NO2. The number of para-hydroxylation sites is 2. The lowest BCUT2D eigenvalue weighted by molar-refractivity contribution is -0.124. The van der Waals surface area contributed by atoms with Crippen LogP contribution >= 0.6 is 0 Å². The zero-order valence-electron chi connectivity index (χ0n) is 10.7. The molecule has 0 aliphatic carbocycles. The molecule has 1 heterocycles. The first-order valence-electron chi connectivity index (χ1n) is 6.33. The van der Waals surface area contributed by atoms with E-state index in [4.69, 9.17) is 4.74 Å². The molecule has 0 N–H and O–H groups in total. The van der Waals surface area contributed by atoms with Gasteiger partial charge in [-0.15, -0.1) is 0 Å². The van der Waals surface area contributed by atoms with Gasteiger partial charge in [0, 0.05) is 19.2 Å². The number of ether oxygens (including phenoxy) is 1. The second kappa shape index (κ2) is 4.76. The summed E-state index contributed by atoms with van der Waals surface area (Å²) in [7, 11) is 1.78. The van der Waals surface area contributed by atoms with Crippen molar-refractivity contribution in [2.45, 2.75) is 12.5 Å². The van der Waals surface area contributed by atoms with Gasteiger partial charge in [-0.3, -0.25) is 4.79 Å². The molecule has 3 nitrogen and oxygen atoms in total. The van der Waals surface area contributed by atoms with Gasteiger partial charge in [0.05, 0.1) is 0 Å². The van der Waals surface area contributed by atoms with E-state index >= 15 is 0 Å². The summed E-state index contributed by atoms with van der Waals surface area (Å²) in [5, 5.41) is 0. The third-order valence-corrected chi connectivity index (χ3v) is 3.40. The second-order valence-electron chi connectivity index (χ2n) is 4.65. The van der Waals surface area contributed by atoms with Crippen molar-refractivity contribution in [3.05, 3.63) is 60.2 Å². The van der Waals surface area contributed by atoms with Crippen molar-refractivity contribution in [2.75, 3.05) is 11.9 Å². The Kier molecular flexibility index (Phi) is 2.95. The van der Waals surface area contributed by atoms with Gasteiger partial charge in [-0.25, -0.2) is 0 Å². The van der Waals surface area contributed by atoms with E-state index in [-0.39, 0.29) is 5.91 Å². The van der Waals surface area contributed by atoms with Crippen LogP contribution in [-0.2, 0) is 11.2 Å². The van der Waals surface area contributed by atoms with Gasteiger partial charge < -0.3 is 9.64 Å². The van der Waals surface area contributed by atoms with Crippen LogP contribution in [0.2, 0.25) is 0 Å². The van der Waals surface area contributed by atoms with Crippen molar-refractivity contribution in [1.29, 1.82) is 0 Å². The number of nitrogens with zero attached hydrogens (tertiary/aromatic N) is 1. The largest absolute Gasteiger partial charge is 0.480 e. The maximum absolute atomic E-state index is 12.4. The quantitative estimate of drug-likeness (QED) is 0.823. The summed E-state index contributed by atoms with van der Waals surface area (Å²) >= 11 is 0. The van der Waals surface area contributed by atoms with Gasteiger partial charge >= 0.3 is 0 Å². The molecule has 0 saturated carbocycles. The molecule has 1 aliphatic rings. The minimum atomic E-state index is -0.414. The monoisotopic (exact) mass is 253 g/mol. The molecule has 0 fully saturated rings. The first-order valence-corrected chi connectivity index (χ1v) is 6.33. The van der Waals surface area contributed by atoms with Crippen LogP contribution in [0.4, 0.5) is 5.69 Å². The van der Waals surface area contributed by atoms with Gasteiger partial charge in [0.1, 0.15) is 5.75 Å². The molecule has 1 amide bonds. The van der Waals surface area contributed by atoms with Crippen molar-refractivity contribution < 1.29 is 9.53 Å². The Bertz CT molecular complexity index is 570. The Morgan fingerprint density at radius 1 is 1.11 bits per heavy atom. The van der Waals surface area contributed by atoms with Crippen molar-refractivity contribution in [1.82, 2.24) is 0 Å². The van der Waals surface area contributed by atoms with Crippen LogP contribution in [0.1, 0.15) is 5.56 Å². The minimum absolute atomic E-state index is 0.0117. The summed E-state index contributed by atoms with van der Waals surface area (Å²) < 4.78 is 5.72. The summed E-state index contributed by atoms with van der Waals surface area (Å²) in [4.78, 5) is 14.1. The average Bonchev–Trinajstić information content (AvgIpc) is 2.90. The Hall–Kier alpha value is -2.29. The number of carbonyl (C=O) groups excluding carboxylic acids is 1. The molecule has 3 heteroatoms. The summed E-state index contributed by atoms with van der Waals surface area (Å²) in [5.74, 6) is 0.810. The standard InChI is InChI=1S/C16H15NO2/c1-17(13-8-3-2-4-9-13)16(18)15-11-12-7-5-6-10-14(12)19-15/h2-10,15H,11H2,1H3/t15-/m0/s1. The predicted molar refractivity (Wildman–Crippen MR) is 74.4 cm³/mol. The van der Waals surface area contributed by atoms with Crippen LogP contribution in [0.5, 0.6) is 5.75 Å². The van der Waals surface area contributed by atoms with Crippen molar-refractivity contribution in [2.24, 2.45) is 0 Å². The van der Waals surface area contributed by atoms with Gasteiger partial charge in [0.2, 0.25) is 0 Å². The van der Waals surface area contributed by atoms with Gasteiger partial charge in [-0.1, -0.05) is 36.4 Å². The number of fused-ring (bicyclic) bond motifs is 1. The van der Waals surface area contributed by atoms with Crippen molar-refractivity contribution in [3.8, 4) is 5.75 Å². The first kappa shape index (κ1) is 11.8. The number of hydrogen-bond acceptors (Lipinski definition) is 2. The lowest BCUT2D eigenvalue weighted by Gasteiger charge is -2.20. The lowest BCUT2D eigenvalue weighted by atomic mass is 10.1. The van der Waals surface area contributed by atoms with Crippen molar-refractivity contribution in [3.63, 3.8) is 0 Å². The molecule has 0 unspecified atom stereocenters. The number of likely N-dealkylation sites (N-methyl/N-ethyl adjacent to an activating group) is 1. The van der Waals surface area contributed by atoms with Crippen LogP contribution in [-0.4, -0.2) is 19.1 Å². The molecule has 19 heavy (non-hydrogen) atoms. The predicted octanol–water partition coefficient (Wildman–Crippen LogP) is 2.65. The van der Waals surface area contributed by atoms with E-state index in [9.17, 15) is 4.79 Å². The van der Waals surface area contributed by atoms with E-state index in [2.05, 4.69) is 0 Å². The highest BCUT2D eigenvalue weighted by molar-refractivity contribution is 5.96. The minimum Gasteiger partial charge on any atom is -0.480 e. The van der Waals surface area contributed by atoms with Crippen LogP contribution in [0.3, 0.4) is 0 Å². The smallest absolute Gasteiger partial charge is 0.268 e. The van der Waals surface area contributed by atoms with E-state index in [0.29, 0.717) is 6.42 Å². The number of hydrogen-bond donors (Lipinski definition) is 0. The van der Waals surface area contributed by atoms with Crippen LogP contribution < -0.4 is 9.64 Å². The highest BCUT2D eigenvalue weighted by Gasteiger charge is 2.31. The van der Waals surface area contributed by atoms with Crippen LogP contribution in [0.25, 0.3) is 0 Å². The molecule has 0 radical (unpaired) electrons. The third kappa shape index (κ3) is 2.19. The third-order valence-electron chi connectivity index (χ3n) is 3.40. The Morgan fingerprint density at radius 2 is 1.79 bits per heavy atom. The Labute approximate surface area is 112 Å². The molecule has 3 rings (SSSR count). The van der Waals surface area contributed by atoms with E-state index in [1.165, 1.54) is 0 Å². The highest BCUT2D eigenvalue weighted by atomic mass is 16.5. The maximum Gasteiger partial charge on any atom is 0.268 e. The second-order valence-corrected chi connectivity index (χ2v) is 4.65. The zero-order valence-corrected chi connectivity index (χ0v) is 10.7. The zero-order chi connectivity index (χ0) is 13.2. The fraction of sp³-hybridized carbons (Fsp3) is 0.188. The first-order chi connectivity index (χ1) is 9.25. The van der Waals surface area contributed by atoms with E-state index in [0.717, 1.165) is 17.0 Å². The Morgan fingerprint density at radius 3 is 2.53 bits per heavy atom. The van der Waals surface area contributed by atoms with Crippen LogP contribution in [0.15, 0.2) is 54.6 Å². The number of rotatable bonds is 2. The van der Waals surface area contributed by atoms with E-state index in [1.807, 2.05) is 54.6 Å². The van der Waals surface area contributed by atoms with Gasteiger partial charge in [0.15, 0.2) is 6.10 Å². The highest BCUT2D eigenvalue weighted by Crippen LogP contribution is 2.29. The summed E-state index contributed by atoms with van der Waals surface area (Å²) in [6.07, 6.45) is 0.231. The molecule has 0 bridgehead atoms. The molecule has 0 aromatic heterocycles. The number of carbonyl (C=O) groups is 1. The maximum atomic E-state index is 12.4. The fourth-order valence-electron chi connectivity index (χ4n) is 2.31. The van der Waals surface area contributed by atoms with E-state index in [1.54, 1.807) is 11.9 Å². The molecule has 2 aromatic carbocycles. The number of benzene rings is 2.